The molecule has 3 atom stereocenters. The Morgan fingerprint density at radius 1 is 1.42 bits per heavy atom. The van der Waals surface area contributed by atoms with E-state index in [1.54, 1.807) is 0 Å². The van der Waals surface area contributed by atoms with Crippen LogP contribution in [0.3, 0.4) is 0 Å². The molecular formula is C17H26BN. The molecule has 1 heterocycles. The van der Waals surface area contributed by atoms with Crippen LogP contribution in [0.1, 0.15) is 53.9 Å². The third-order valence-electron chi connectivity index (χ3n) is 3.85. The van der Waals surface area contributed by atoms with E-state index in [0.29, 0.717) is 12.0 Å². The van der Waals surface area contributed by atoms with Crippen molar-refractivity contribution in [1.29, 1.82) is 0 Å². The smallest absolute Gasteiger partial charge is 0.0771 e. The van der Waals surface area contributed by atoms with Gasteiger partial charge in [0.25, 0.3) is 0 Å². The molecule has 0 fully saturated rings. The Morgan fingerprint density at radius 2 is 2.11 bits per heavy atom. The quantitative estimate of drug-likeness (QED) is 0.393. The largest absolute Gasteiger partial charge is 0.286 e. The molecule has 0 aromatic rings. The normalized spacial score (nSPS) is 23.9. The third-order valence-corrected chi connectivity index (χ3v) is 3.85. The van der Waals surface area contributed by atoms with E-state index in [9.17, 15) is 0 Å². The van der Waals surface area contributed by atoms with Crippen LogP contribution in [0, 0.1) is 5.92 Å². The van der Waals surface area contributed by atoms with Crippen molar-refractivity contribution in [3.05, 3.63) is 29.0 Å². The van der Waals surface area contributed by atoms with Crippen molar-refractivity contribution in [2.75, 3.05) is 0 Å². The van der Waals surface area contributed by atoms with Crippen molar-refractivity contribution >= 4 is 13.6 Å². The zero-order chi connectivity index (χ0) is 14.4. The van der Waals surface area contributed by atoms with Gasteiger partial charge >= 0.3 is 0 Å². The van der Waals surface area contributed by atoms with Crippen LogP contribution in [-0.2, 0) is 0 Å². The van der Waals surface area contributed by atoms with E-state index < -0.39 is 0 Å². The van der Waals surface area contributed by atoms with Crippen LogP contribution in [0.5, 0.6) is 0 Å². The molecule has 0 aliphatic carbocycles. The Kier molecular flexibility index (Phi) is 6.38. The van der Waals surface area contributed by atoms with Gasteiger partial charge in [0.15, 0.2) is 0 Å². The lowest BCUT2D eigenvalue weighted by Gasteiger charge is -2.22. The summed E-state index contributed by atoms with van der Waals surface area (Å²) in [5, 5.41) is 0. The van der Waals surface area contributed by atoms with Crippen molar-refractivity contribution in [2.45, 2.75) is 65.7 Å². The van der Waals surface area contributed by atoms with Crippen molar-refractivity contribution in [3.63, 3.8) is 0 Å². The molecule has 102 valence electrons. The minimum absolute atomic E-state index is 0.0617. The van der Waals surface area contributed by atoms with E-state index >= 15 is 0 Å². The second-order valence-corrected chi connectivity index (χ2v) is 5.97. The number of nitrogens with zero attached hydrogens (tertiary/aromatic N) is 1. The lowest BCUT2D eigenvalue weighted by molar-refractivity contribution is 0.442. The minimum Gasteiger partial charge on any atom is -0.286 e. The Labute approximate surface area is 120 Å². The van der Waals surface area contributed by atoms with Crippen LogP contribution in [0.2, 0.25) is 5.82 Å². The van der Waals surface area contributed by atoms with Crippen molar-refractivity contribution in [3.8, 4) is 0 Å². The van der Waals surface area contributed by atoms with Crippen LogP contribution in [-0.4, -0.2) is 19.6 Å². The van der Waals surface area contributed by atoms with Crippen molar-refractivity contribution < 1.29 is 0 Å². The molecule has 0 bridgehead atoms. The standard InChI is InChI=1S/C17H26BN/c1-12(2)6-11-17(18)14(4)8-10-16-9-7-13(3)15(5)19-16/h6,10,13,15,17H,7,9,11H2,1-5H3. The highest BCUT2D eigenvalue weighted by atomic mass is 14.8. The van der Waals surface area contributed by atoms with Gasteiger partial charge in [-0.15, -0.1) is 5.73 Å². The van der Waals surface area contributed by atoms with Crippen LogP contribution in [0.25, 0.3) is 0 Å². The molecule has 19 heavy (non-hydrogen) atoms. The van der Waals surface area contributed by atoms with Gasteiger partial charge in [0.05, 0.1) is 13.9 Å². The van der Waals surface area contributed by atoms with E-state index in [2.05, 4.69) is 46.4 Å². The monoisotopic (exact) mass is 255 g/mol. The molecule has 0 saturated carbocycles. The number of allylic oxidation sites excluding steroid dienone is 3. The first-order valence-corrected chi connectivity index (χ1v) is 7.29. The summed E-state index contributed by atoms with van der Waals surface area (Å²) in [6.07, 6.45) is 7.38. The predicted molar refractivity (Wildman–Crippen MR) is 86.1 cm³/mol. The highest BCUT2D eigenvalue weighted by Gasteiger charge is 2.16. The van der Waals surface area contributed by atoms with Gasteiger partial charge in [-0.3, -0.25) is 4.99 Å². The molecule has 3 unspecified atom stereocenters. The van der Waals surface area contributed by atoms with E-state index in [-0.39, 0.29) is 5.82 Å². The second-order valence-electron chi connectivity index (χ2n) is 5.97. The molecule has 0 amide bonds. The fourth-order valence-corrected chi connectivity index (χ4v) is 2.02. The summed E-state index contributed by atoms with van der Waals surface area (Å²) in [6.45, 7) is 10.7. The van der Waals surface area contributed by atoms with Gasteiger partial charge < -0.3 is 0 Å². The van der Waals surface area contributed by atoms with E-state index in [1.165, 1.54) is 17.7 Å². The highest BCUT2D eigenvalue weighted by molar-refractivity contribution is 6.13. The predicted octanol–water partition coefficient (Wildman–Crippen LogP) is 4.66. The molecule has 1 rings (SSSR count). The van der Waals surface area contributed by atoms with E-state index in [1.807, 2.05) is 6.08 Å². The van der Waals surface area contributed by atoms with E-state index in [4.69, 9.17) is 12.8 Å². The summed E-state index contributed by atoms with van der Waals surface area (Å²) in [6, 6.07) is 0.432. The molecule has 0 spiro atoms. The maximum Gasteiger partial charge on any atom is 0.0771 e. The lowest BCUT2D eigenvalue weighted by atomic mass is 9.79. The van der Waals surface area contributed by atoms with Crippen LogP contribution < -0.4 is 0 Å². The average Bonchev–Trinajstić information content (AvgIpc) is 2.36. The van der Waals surface area contributed by atoms with E-state index in [0.717, 1.165) is 18.4 Å². The van der Waals surface area contributed by atoms with Gasteiger partial charge in [-0.2, -0.15) is 0 Å². The SMILES string of the molecule is [B]C(CC=C(C)C)C(C)=C=CC1=NC(C)C(C)CC1. The lowest BCUT2D eigenvalue weighted by Crippen LogP contribution is -2.19. The topological polar surface area (TPSA) is 12.4 Å². The van der Waals surface area contributed by atoms with Gasteiger partial charge in [0.2, 0.25) is 0 Å². The fourth-order valence-electron chi connectivity index (χ4n) is 2.02. The van der Waals surface area contributed by atoms with Crippen molar-refractivity contribution in [2.24, 2.45) is 10.9 Å². The van der Waals surface area contributed by atoms with Gasteiger partial charge in [-0.25, -0.2) is 0 Å². The number of hydrogen-bond donors (Lipinski definition) is 0. The molecule has 2 radical (unpaired) electrons. The average molecular weight is 255 g/mol. The Hall–Kier alpha value is -1.01. The zero-order valence-corrected chi connectivity index (χ0v) is 13.0. The second kappa shape index (κ2) is 7.55. The van der Waals surface area contributed by atoms with Crippen LogP contribution in [0.4, 0.5) is 0 Å². The summed E-state index contributed by atoms with van der Waals surface area (Å²) in [4.78, 5) is 4.70. The molecule has 1 nitrogen and oxygen atoms in total. The Morgan fingerprint density at radius 3 is 2.68 bits per heavy atom. The molecule has 0 aromatic heterocycles. The minimum atomic E-state index is 0.0617. The number of aliphatic imine (C=N–C) groups is 1. The third kappa shape index (κ3) is 5.65. The van der Waals surface area contributed by atoms with Gasteiger partial charge in [0.1, 0.15) is 0 Å². The highest BCUT2D eigenvalue weighted by Crippen LogP contribution is 2.21. The number of rotatable bonds is 4. The summed E-state index contributed by atoms with van der Waals surface area (Å²) in [5.41, 5.74) is 6.90. The van der Waals surface area contributed by atoms with Gasteiger partial charge in [-0.1, -0.05) is 18.6 Å². The fraction of sp³-hybridized carbons (Fsp3) is 0.647. The summed E-state index contributed by atoms with van der Waals surface area (Å²) in [7, 11) is 6.13. The Balaban J connectivity index is 2.70. The first kappa shape index (κ1) is 16.1. The number of hydrogen-bond acceptors (Lipinski definition) is 1. The molecular weight excluding hydrogens is 229 g/mol. The molecule has 1 aliphatic heterocycles. The molecule has 2 heteroatoms. The van der Waals surface area contributed by atoms with Crippen molar-refractivity contribution in [1.82, 2.24) is 0 Å². The first-order valence-electron chi connectivity index (χ1n) is 7.29. The van der Waals surface area contributed by atoms with Gasteiger partial charge in [-0.05, 0) is 64.3 Å². The van der Waals surface area contributed by atoms with Gasteiger partial charge in [0, 0.05) is 11.8 Å². The summed E-state index contributed by atoms with van der Waals surface area (Å²) in [5.74, 6) is 0.758. The molecule has 1 aliphatic rings. The molecule has 0 aromatic carbocycles. The summed E-state index contributed by atoms with van der Waals surface area (Å²) >= 11 is 0. The molecule has 0 N–H and O–H groups in total. The van der Waals surface area contributed by atoms with Crippen LogP contribution in [0.15, 0.2) is 34.0 Å². The maximum atomic E-state index is 6.13. The molecule has 0 saturated heterocycles. The Bertz CT molecular complexity index is 421. The van der Waals surface area contributed by atoms with Crippen LogP contribution >= 0.6 is 0 Å². The summed E-state index contributed by atoms with van der Waals surface area (Å²) < 4.78 is 0. The first-order chi connectivity index (χ1) is 8.90. The zero-order valence-electron chi connectivity index (χ0n) is 13.0. The maximum absolute atomic E-state index is 6.13.